The average molecular weight is 222 g/mol. The number of hydrogen-bond acceptors (Lipinski definition) is 3. The Morgan fingerprint density at radius 3 is 3.12 bits per heavy atom. The summed E-state index contributed by atoms with van der Waals surface area (Å²) in [4.78, 5) is 6.69. The predicted octanol–water partition coefficient (Wildman–Crippen LogP) is 0.869. The maximum atomic E-state index is 5.60. The van der Waals surface area contributed by atoms with Gasteiger partial charge in [-0.2, -0.15) is 0 Å². The van der Waals surface area contributed by atoms with Crippen LogP contribution in [0.1, 0.15) is 25.0 Å². The monoisotopic (exact) mass is 222 g/mol. The van der Waals surface area contributed by atoms with E-state index in [9.17, 15) is 0 Å². The maximum Gasteiger partial charge on any atom is 0.0948 e. The van der Waals surface area contributed by atoms with Crippen molar-refractivity contribution >= 4 is 0 Å². The van der Waals surface area contributed by atoms with Crippen molar-refractivity contribution in [3.63, 3.8) is 0 Å². The van der Waals surface area contributed by atoms with Crippen molar-refractivity contribution in [2.24, 2.45) is 5.73 Å². The summed E-state index contributed by atoms with van der Waals surface area (Å²) in [5.74, 6) is 0. The third-order valence-corrected chi connectivity index (χ3v) is 3.53. The van der Waals surface area contributed by atoms with Gasteiger partial charge in [0.15, 0.2) is 0 Å². The molecule has 2 rings (SSSR count). The van der Waals surface area contributed by atoms with Gasteiger partial charge < -0.3 is 15.2 Å². The van der Waals surface area contributed by atoms with E-state index in [0.717, 1.165) is 13.0 Å². The number of likely N-dealkylation sites (N-methyl/N-ethyl adjacent to an activating group) is 1. The van der Waals surface area contributed by atoms with Crippen LogP contribution < -0.4 is 5.73 Å². The van der Waals surface area contributed by atoms with Crippen LogP contribution in [0.4, 0.5) is 0 Å². The molecule has 90 valence electrons. The molecule has 0 saturated carbocycles. The standard InChI is InChI=1S/C12H22N4/c1-15-7-3-2-4-12(15)9-16-10-14-8-11(16)5-6-13/h8,10,12H,2-7,9,13H2,1H3. The van der Waals surface area contributed by atoms with Gasteiger partial charge in [-0.15, -0.1) is 0 Å². The van der Waals surface area contributed by atoms with E-state index in [0.29, 0.717) is 12.6 Å². The second kappa shape index (κ2) is 5.46. The smallest absolute Gasteiger partial charge is 0.0948 e. The van der Waals surface area contributed by atoms with Crippen LogP contribution in [0.15, 0.2) is 12.5 Å². The zero-order chi connectivity index (χ0) is 11.4. The number of aromatic nitrogens is 2. The molecular weight excluding hydrogens is 200 g/mol. The van der Waals surface area contributed by atoms with Crippen LogP contribution in [0.3, 0.4) is 0 Å². The molecule has 1 fully saturated rings. The van der Waals surface area contributed by atoms with E-state index in [1.54, 1.807) is 0 Å². The highest BCUT2D eigenvalue weighted by atomic mass is 15.2. The number of nitrogens with zero attached hydrogens (tertiary/aromatic N) is 3. The van der Waals surface area contributed by atoms with Crippen LogP contribution in [-0.4, -0.2) is 40.6 Å². The normalized spacial score (nSPS) is 22.5. The lowest BCUT2D eigenvalue weighted by atomic mass is 10.0. The molecule has 1 aromatic heterocycles. The van der Waals surface area contributed by atoms with Crippen LogP contribution in [0.2, 0.25) is 0 Å². The van der Waals surface area contributed by atoms with Crippen molar-refractivity contribution in [1.29, 1.82) is 0 Å². The zero-order valence-electron chi connectivity index (χ0n) is 10.1. The first kappa shape index (κ1) is 11.6. The SMILES string of the molecule is CN1CCCCC1Cn1cncc1CCN. The Labute approximate surface area is 97.4 Å². The number of rotatable bonds is 4. The summed E-state index contributed by atoms with van der Waals surface area (Å²) in [6.07, 6.45) is 8.80. The number of hydrogen-bond donors (Lipinski definition) is 1. The fraction of sp³-hybridized carbons (Fsp3) is 0.750. The number of likely N-dealkylation sites (tertiary alicyclic amines) is 1. The maximum absolute atomic E-state index is 5.60. The Hall–Kier alpha value is -0.870. The van der Waals surface area contributed by atoms with E-state index in [2.05, 4.69) is 21.5 Å². The van der Waals surface area contributed by atoms with Crippen molar-refractivity contribution in [2.45, 2.75) is 38.3 Å². The van der Waals surface area contributed by atoms with Crippen LogP contribution in [0.5, 0.6) is 0 Å². The van der Waals surface area contributed by atoms with Gasteiger partial charge in [-0.25, -0.2) is 4.98 Å². The van der Waals surface area contributed by atoms with E-state index in [-0.39, 0.29) is 0 Å². The van der Waals surface area contributed by atoms with Crippen molar-refractivity contribution < 1.29 is 0 Å². The van der Waals surface area contributed by atoms with Crippen LogP contribution in [-0.2, 0) is 13.0 Å². The Morgan fingerprint density at radius 2 is 2.38 bits per heavy atom. The molecule has 1 atom stereocenters. The highest BCUT2D eigenvalue weighted by Gasteiger charge is 2.19. The molecule has 16 heavy (non-hydrogen) atoms. The van der Waals surface area contributed by atoms with E-state index < -0.39 is 0 Å². The minimum Gasteiger partial charge on any atom is -0.333 e. The van der Waals surface area contributed by atoms with Gasteiger partial charge in [0, 0.05) is 30.9 Å². The van der Waals surface area contributed by atoms with E-state index in [1.165, 1.54) is 31.5 Å². The topological polar surface area (TPSA) is 47.1 Å². The number of nitrogens with two attached hydrogens (primary N) is 1. The van der Waals surface area contributed by atoms with Gasteiger partial charge >= 0.3 is 0 Å². The molecule has 1 aliphatic heterocycles. The molecule has 1 aliphatic rings. The Kier molecular flexibility index (Phi) is 3.96. The molecular formula is C12H22N4. The van der Waals surface area contributed by atoms with Gasteiger partial charge in [-0.3, -0.25) is 0 Å². The summed E-state index contributed by atoms with van der Waals surface area (Å²) in [5.41, 5.74) is 6.86. The average Bonchev–Trinajstić information content (AvgIpc) is 2.70. The predicted molar refractivity (Wildman–Crippen MR) is 65.3 cm³/mol. The van der Waals surface area contributed by atoms with Crippen molar-refractivity contribution in [3.8, 4) is 0 Å². The molecule has 0 aromatic carbocycles. The van der Waals surface area contributed by atoms with E-state index in [1.807, 2.05) is 12.5 Å². The molecule has 0 radical (unpaired) electrons. The van der Waals surface area contributed by atoms with E-state index in [4.69, 9.17) is 5.73 Å². The molecule has 2 heterocycles. The molecule has 4 heteroatoms. The summed E-state index contributed by atoms with van der Waals surface area (Å²) in [6.45, 7) is 2.99. The largest absolute Gasteiger partial charge is 0.333 e. The Morgan fingerprint density at radius 1 is 1.50 bits per heavy atom. The zero-order valence-corrected chi connectivity index (χ0v) is 10.1. The summed E-state index contributed by atoms with van der Waals surface area (Å²) in [7, 11) is 2.23. The van der Waals surface area contributed by atoms with Gasteiger partial charge in [0.05, 0.1) is 6.33 Å². The third kappa shape index (κ3) is 2.62. The third-order valence-electron chi connectivity index (χ3n) is 3.53. The van der Waals surface area contributed by atoms with Crippen LogP contribution >= 0.6 is 0 Å². The lowest BCUT2D eigenvalue weighted by Gasteiger charge is -2.33. The minimum absolute atomic E-state index is 0.666. The highest BCUT2D eigenvalue weighted by molar-refractivity contribution is 4.99. The second-order valence-corrected chi connectivity index (χ2v) is 4.71. The first-order valence-corrected chi connectivity index (χ1v) is 6.20. The molecule has 1 saturated heterocycles. The first-order valence-electron chi connectivity index (χ1n) is 6.20. The fourth-order valence-corrected chi connectivity index (χ4v) is 2.47. The first-order chi connectivity index (χ1) is 7.81. The summed E-state index contributed by atoms with van der Waals surface area (Å²) in [5, 5.41) is 0. The Balaban J connectivity index is 1.99. The molecule has 1 aromatic rings. The molecule has 0 amide bonds. The summed E-state index contributed by atoms with van der Waals surface area (Å²) < 4.78 is 2.26. The minimum atomic E-state index is 0.666. The lowest BCUT2D eigenvalue weighted by Crippen LogP contribution is -2.39. The molecule has 0 bridgehead atoms. The number of imidazole rings is 1. The van der Waals surface area contributed by atoms with Gasteiger partial charge in [-0.1, -0.05) is 6.42 Å². The Bertz CT molecular complexity index is 321. The number of piperidine rings is 1. The van der Waals surface area contributed by atoms with Gasteiger partial charge in [-0.05, 0) is 33.0 Å². The van der Waals surface area contributed by atoms with Crippen molar-refractivity contribution in [2.75, 3.05) is 20.1 Å². The van der Waals surface area contributed by atoms with E-state index >= 15 is 0 Å². The summed E-state index contributed by atoms with van der Waals surface area (Å²) in [6, 6.07) is 0.666. The summed E-state index contributed by atoms with van der Waals surface area (Å²) >= 11 is 0. The molecule has 0 aliphatic carbocycles. The van der Waals surface area contributed by atoms with Gasteiger partial charge in [0.1, 0.15) is 0 Å². The van der Waals surface area contributed by atoms with Gasteiger partial charge in [0.2, 0.25) is 0 Å². The second-order valence-electron chi connectivity index (χ2n) is 4.71. The highest BCUT2D eigenvalue weighted by Crippen LogP contribution is 2.17. The molecule has 2 N–H and O–H groups in total. The van der Waals surface area contributed by atoms with Crippen LogP contribution in [0.25, 0.3) is 0 Å². The van der Waals surface area contributed by atoms with Crippen molar-refractivity contribution in [3.05, 3.63) is 18.2 Å². The van der Waals surface area contributed by atoms with Crippen LogP contribution in [0, 0.1) is 0 Å². The molecule has 1 unspecified atom stereocenters. The molecule has 0 spiro atoms. The lowest BCUT2D eigenvalue weighted by molar-refractivity contribution is 0.166. The molecule has 4 nitrogen and oxygen atoms in total. The quantitative estimate of drug-likeness (QED) is 0.822. The fourth-order valence-electron chi connectivity index (χ4n) is 2.47. The van der Waals surface area contributed by atoms with Gasteiger partial charge in [0.25, 0.3) is 0 Å². The van der Waals surface area contributed by atoms with Crippen molar-refractivity contribution in [1.82, 2.24) is 14.5 Å².